The Hall–Kier alpha value is -0.790. The van der Waals surface area contributed by atoms with Gasteiger partial charge in [-0.05, 0) is 43.2 Å². The Morgan fingerprint density at radius 3 is 2.36 bits per heavy atom. The van der Waals surface area contributed by atoms with Gasteiger partial charge in [0.05, 0.1) is 10.0 Å². The van der Waals surface area contributed by atoms with Crippen molar-refractivity contribution in [3.05, 3.63) is 39.9 Å². The number of carbonyl (C=O) groups is 1. The van der Waals surface area contributed by atoms with Crippen LogP contribution in [0.4, 0.5) is 0 Å². The van der Waals surface area contributed by atoms with E-state index in [1.807, 2.05) is 13.0 Å². The topological polar surface area (TPSA) is 17.1 Å². The fraction of sp³-hybridized carbons (Fsp3) is 0.182. The molecule has 0 bridgehead atoms. The van der Waals surface area contributed by atoms with Crippen molar-refractivity contribution in [1.29, 1.82) is 0 Å². The van der Waals surface area contributed by atoms with Crippen LogP contribution in [0.15, 0.2) is 24.3 Å². The molecule has 3 heteroatoms. The summed E-state index contributed by atoms with van der Waals surface area (Å²) in [6.07, 6.45) is 1.57. The lowest BCUT2D eigenvalue weighted by atomic mass is 10.1. The summed E-state index contributed by atoms with van der Waals surface area (Å²) in [5.41, 5.74) is 1.80. The Balaban J connectivity index is 3.09. The average molecular weight is 229 g/mol. The minimum absolute atomic E-state index is 0.0218. The van der Waals surface area contributed by atoms with Crippen molar-refractivity contribution in [1.82, 2.24) is 0 Å². The number of ketones is 1. The molecule has 0 heterocycles. The molecule has 0 aliphatic rings. The molecule has 74 valence electrons. The van der Waals surface area contributed by atoms with E-state index in [-0.39, 0.29) is 5.78 Å². The molecule has 0 aliphatic carbocycles. The number of allylic oxidation sites excluding steroid dienone is 2. The summed E-state index contributed by atoms with van der Waals surface area (Å²) in [6, 6.07) is 5.30. The molecule has 1 aromatic rings. The van der Waals surface area contributed by atoms with E-state index >= 15 is 0 Å². The number of carbonyl (C=O) groups excluding carboxylic acids is 1. The van der Waals surface area contributed by atoms with Crippen molar-refractivity contribution in [2.24, 2.45) is 0 Å². The summed E-state index contributed by atoms with van der Waals surface area (Å²) < 4.78 is 0. The second kappa shape index (κ2) is 4.63. The molecule has 0 N–H and O–H groups in total. The Bertz CT molecular complexity index is 394. The first kappa shape index (κ1) is 11.3. The van der Waals surface area contributed by atoms with E-state index in [1.165, 1.54) is 6.92 Å². The predicted octanol–water partition coefficient (Wildman–Crippen LogP) is 3.99. The van der Waals surface area contributed by atoms with Gasteiger partial charge >= 0.3 is 0 Å². The number of halogens is 2. The molecule has 1 rings (SSSR count). The zero-order valence-electron chi connectivity index (χ0n) is 7.97. The van der Waals surface area contributed by atoms with Crippen LogP contribution in [0.25, 0.3) is 5.57 Å². The maximum atomic E-state index is 10.8. The third kappa shape index (κ3) is 2.86. The average Bonchev–Trinajstić information content (AvgIpc) is 2.08. The summed E-state index contributed by atoms with van der Waals surface area (Å²) >= 11 is 11.6. The molecule has 0 aromatic heterocycles. The van der Waals surface area contributed by atoms with E-state index in [0.29, 0.717) is 10.0 Å². The molecular weight excluding hydrogens is 219 g/mol. The van der Waals surface area contributed by atoms with Gasteiger partial charge in [0.2, 0.25) is 0 Å². The Kier molecular flexibility index (Phi) is 3.73. The number of benzene rings is 1. The van der Waals surface area contributed by atoms with Crippen LogP contribution in [-0.2, 0) is 4.79 Å². The van der Waals surface area contributed by atoms with E-state index in [1.54, 1.807) is 18.2 Å². The Morgan fingerprint density at radius 2 is 1.86 bits per heavy atom. The van der Waals surface area contributed by atoms with Crippen LogP contribution in [0.1, 0.15) is 19.4 Å². The predicted molar refractivity (Wildman–Crippen MR) is 60.8 cm³/mol. The second-order valence-corrected chi connectivity index (χ2v) is 3.88. The molecule has 0 fully saturated rings. The van der Waals surface area contributed by atoms with Gasteiger partial charge in [-0.25, -0.2) is 0 Å². The van der Waals surface area contributed by atoms with Crippen molar-refractivity contribution >= 4 is 34.6 Å². The lowest BCUT2D eigenvalue weighted by Gasteiger charge is -2.02. The normalized spacial score (nSPS) is 11.6. The van der Waals surface area contributed by atoms with Crippen molar-refractivity contribution in [3.8, 4) is 0 Å². The maximum Gasteiger partial charge on any atom is 0.152 e. The summed E-state index contributed by atoms with van der Waals surface area (Å²) in [5, 5.41) is 1.02. The van der Waals surface area contributed by atoms with E-state index in [2.05, 4.69) is 0 Å². The summed E-state index contributed by atoms with van der Waals surface area (Å²) in [4.78, 5) is 10.8. The monoisotopic (exact) mass is 228 g/mol. The highest BCUT2D eigenvalue weighted by Crippen LogP contribution is 2.25. The van der Waals surface area contributed by atoms with Gasteiger partial charge in [0.1, 0.15) is 0 Å². The van der Waals surface area contributed by atoms with Crippen molar-refractivity contribution in [3.63, 3.8) is 0 Å². The molecule has 0 spiro atoms. The fourth-order valence-electron chi connectivity index (χ4n) is 1.13. The van der Waals surface area contributed by atoms with Crippen LogP contribution >= 0.6 is 23.2 Å². The first-order valence-electron chi connectivity index (χ1n) is 4.15. The minimum Gasteiger partial charge on any atom is -0.295 e. The van der Waals surface area contributed by atoms with Crippen LogP contribution in [0.3, 0.4) is 0 Å². The Labute approximate surface area is 93.3 Å². The van der Waals surface area contributed by atoms with Gasteiger partial charge in [-0.2, -0.15) is 0 Å². The number of hydrogen-bond acceptors (Lipinski definition) is 1. The van der Waals surface area contributed by atoms with Crippen LogP contribution in [0.5, 0.6) is 0 Å². The third-order valence-electron chi connectivity index (χ3n) is 1.79. The molecule has 0 saturated heterocycles. The standard InChI is InChI=1S/C11H10Cl2O/c1-7(5-8(2)14)9-3-4-10(12)11(13)6-9/h3-6H,1-2H3/b7-5+. The largest absolute Gasteiger partial charge is 0.295 e. The SMILES string of the molecule is CC(=O)/C=C(\C)c1ccc(Cl)c(Cl)c1. The smallest absolute Gasteiger partial charge is 0.152 e. The molecule has 0 unspecified atom stereocenters. The molecule has 0 atom stereocenters. The molecule has 1 aromatic carbocycles. The second-order valence-electron chi connectivity index (χ2n) is 3.07. The first-order valence-corrected chi connectivity index (χ1v) is 4.90. The number of hydrogen-bond donors (Lipinski definition) is 0. The number of rotatable bonds is 2. The molecule has 0 saturated carbocycles. The molecule has 0 aliphatic heterocycles. The molecule has 1 nitrogen and oxygen atoms in total. The quantitative estimate of drug-likeness (QED) is 0.701. The molecule has 0 amide bonds. The fourth-order valence-corrected chi connectivity index (χ4v) is 1.43. The van der Waals surface area contributed by atoms with Crippen LogP contribution in [-0.4, -0.2) is 5.78 Å². The first-order chi connectivity index (χ1) is 6.50. The molecular formula is C11H10Cl2O. The van der Waals surface area contributed by atoms with Crippen LogP contribution < -0.4 is 0 Å². The van der Waals surface area contributed by atoms with E-state index in [9.17, 15) is 4.79 Å². The van der Waals surface area contributed by atoms with Crippen molar-refractivity contribution < 1.29 is 4.79 Å². The van der Waals surface area contributed by atoms with Crippen molar-refractivity contribution in [2.75, 3.05) is 0 Å². The maximum absolute atomic E-state index is 10.8. The third-order valence-corrected chi connectivity index (χ3v) is 2.53. The van der Waals surface area contributed by atoms with E-state index in [0.717, 1.165) is 11.1 Å². The highest BCUT2D eigenvalue weighted by molar-refractivity contribution is 6.42. The van der Waals surface area contributed by atoms with Gasteiger partial charge in [0.15, 0.2) is 5.78 Å². The zero-order chi connectivity index (χ0) is 10.7. The Morgan fingerprint density at radius 1 is 1.21 bits per heavy atom. The molecule has 0 radical (unpaired) electrons. The highest BCUT2D eigenvalue weighted by atomic mass is 35.5. The van der Waals surface area contributed by atoms with Gasteiger partial charge in [-0.1, -0.05) is 29.3 Å². The van der Waals surface area contributed by atoms with Gasteiger partial charge in [-0.3, -0.25) is 4.79 Å². The minimum atomic E-state index is 0.0218. The van der Waals surface area contributed by atoms with E-state index in [4.69, 9.17) is 23.2 Å². The van der Waals surface area contributed by atoms with Gasteiger partial charge in [0, 0.05) is 0 Å². The van der Waals surface area contributed by atoms with Gasteiger partial charge in [-0.15, -0.1) is 0 Å². The van der Waals surface area contributed by atoms with Gasteiger partial charge in [0.25, 0.3) is 0 Å². The van der Waals surface area contributed by atoms with Gasteiger partial charge < -0.3 is 0 Å². The highest BCUT2D eigenvalue weighted by Gasteiger charge is 2.01. The van der Waals surface area contributed by atoms with Crippen molar-refractivity contribution in [2.45, 2.75) is 13.8 Å². The molecule has 14 heavy (non-hydrogen) atoms. The van der Waals surface area contributed by atoms with Crippen LogP contribution in [0, 0.1) is 0 Å². The summed E-state index contributed by atoms with van der Waals surface area (Å²) in [6.45, 7) is 3.38. The summed E-state index contributed by atoms with van der Waals surface area (Å²) in [7, 11) is 0. The zero-order valence-corrected chi connectivity index (χ0v) is 9.49. The lowest BCUT2D eigenvalue weighted by Crippen LogP contribution is -1.86. The summed E-state index contributed by atoms with van der Waals surface area (Å²) in [5.74, 6) is 0.0218. The lowest BCUT2D eigenvalue weighted by molar-refractivity contribution is -0.112. The van der Waals surface area contributed by atoms with E-state index < -0.39 is 0 Å². The van der Waals surface area contributed by atoms with Crippen LogP contribution in [0.2, 0.25) is 10.0 Å².